The van der Waals surface area contributed by atoms with Crippen molar-refractivity contribution in [3.8, 4) is 0 Å². The first-order chi connectivity index (χ1) is 14.2. The Morgan fingerprint density at radius 3 is 2.13 bits per heavy atom. The molecule has 1 heterocycles. The van der Waals surface area contributed by atoms with Crippen LogP contribution in [0.2, 0.25) is 0 Å². The van der Waals surface area contributed by atoms with Gasteiger partial charge in [0.25, 0.3) is 5.91 Å². The summed E-state index contributed by atoms with van der Waals surface area (Å²) < 4.78 is 27.2. The molecule has 0 saturated carbocycles. The number of nitrogens with one attached hydrogen (secondary N) is 1. The minimum atomic E-state index is -3.59. The van der Waals surface area contributed by atoms with E-state index in [9.17, 15) is 18.0 Å². The van der Waals surface area contributed by atoms with Gasteiger partial charge in [-0.15, -0.1) is 0 Å². The number of hydrogen-bond acceptors (Lipinski definition) is 4. The molecule has 2 aromatic carbocycles. The molecule has 2 amide bonds. The molecule has 3 rings (SSSR count). The second-order valence-electron chi connectivity index (χ2n) is 7.58. The highest BCUT2D eigenvalue weighted by Gasteiger charge is 2.30. The first-order valence-corrected chi connectivity index (χ1v) is 11.3. The summed E-state index contributed by atoms with van der Waals surface area (Å²) in [6.45, 7) is 6.69. The van der Waals surface area contributed by atoms with Crippen LogP contribution in [0.15, 0.2) is 47.4 Å². The fraction of sp³-hybridized carbons (Fsp3) is 0.364. The van der Waals surface area contributed by atoms with Crippen molar-refractivity contribution in [3.05, 3.63) is 64.7 Å². The van der Waals surface area contributed by atoms with Crippen molar-refractivity contribution >= 4 is 21.8 Å². The molecule has 1 fully saturated rings. The van der Waals surface area contributed by atoms with Crippen molar-refractivity contribution in [1.29, 1.82) is 0 Å². The Balaban J connectivity index is 1.54. The zero-order valence-electron chi connectivity index (χ0n) is 17.5. The van der Waals surface area contributed by atoms with Crippen molar-refractivity contribution in [2.75, 3.05) is 32.7 Å². The molecule has 0 radical (unpaired) electrons. The molecule has 0 aliphatic carbocycles. The van der Waals surface area contributed by atoms with E-state index in [1.807, 2.05) is 32.9 Å². The molecule has 0 bridgehead atoms. The highest BCUT2D eigenvalue weighted by molar-refractivity contribution is 7.89. The predicted molar refractivity (Wildman–Crippen MR) is 115 cm³/mol. The third-order valence-electron chi connectivity index (χ3n) is 5.42. The molecule has 1 aliphatic heterocycles. The Morgan fingerprint density at radius 2 is 1.53 bits per heavy atom. The summed E-state index contributed by atoms with van der Waals surface area (Å²) in [6.07, 6.45) is 0. The summed E-state index contributed by atoms with van der Waals surface area (Å²) >= 11 is 0. The standard InChI is InChI=1S/C22H27N3O4S/c1-16-4-7-19(8-5-16)22(27)23-15-21(26)24-10-12-25(13-11-24)30(28,29)20-9-6-17(2)18(3)14-20/h4-9,14H,10-13,15H2,1-3H3,(H,23,27). The van der Waals surface area contributed by atoms with Crippen LogP contribution < -0.4 is 5.32 Å². The average molecular weight is 430 g/mol. The molecule has 2 aromatic rings. The largest absolute Gasteiger partial charge is 0.343 e. The smallest absolute Gasteiger partial charge is 0.251 e. The Bertz CT molecular complexity index is 1040. The third-order valence-corrected chi connectivity index (χ3v) is 7.32. The zero-order valence-corrected chi connectivity index (χ0v) is 18.3. The molecular weight excluding hydrogens is 402 g/mol. The van der Waals surface area contributed by atoms with E-state index in [1.165, 1.54) is 4.31 Å². The van der Waals surface area contributed by atoms with Crippen LogP contribution in [0, 0.1) is 20.8 Å². The van der Waals surface area contributed by atoms with Gasteiger partial charge < -0.3 is 10.2 Å². The molecular formula is C22H27N3O4S. The first-order valence-electron chi connectivity index (χ1n) is 9.88. The van der Waals surface area contributed by atoms with Gasteiger partial charge in [0, 0.05) is 31.7 Å². The number of piperazine rings is 1. The molecule has 1 N–H and O–H groups in total. The van der Waals surface area contributed by atoms with Gasteiger partial charge in [0.2, 0.25) is 15.9 Å². The summed E-state index contributed by atoms with van der Waals surface area (Å²) in [5, 5.41) is 2.63. The van der Waals surface area contributed by atoms with Crippen molar-refractivity contribution in [1.82, 2.24) is 14.5 Å². The maximum Gasteiger partial charge on any atom is 0.251 e. The summed E-state index contributed by atoms with van der Waals surface area (Å²) in [6, 6.07) is 12.2. The highest BCUT2D eigenvalue weighted by Crippen LogP contribution is 2.20. The maximum atomic E-state index is 12.9. The van der Waals surface area contributed by atoms with Gasteiger partial charge in [-0.3, -0.25) is 9.59 Å². The lowest BCUT2D eigenvalue weighted by Gasteiger charge is -2.34. The molecule has 7 nitrogen and oxygen atoms in total. The molecule has 8 heteroatoms. The van der Waals surface area contributed by atoms with Gasteiger partial charge in [-0.25, -0.2) is 8.42 Å². The zero-order chi connectivity index (χ0) is 21.9. The van der Waals surface area contributed by atoms with Crippen LogP contribution in [0.1, 0.15) is 27.0 Å². The van der Waals surface area contributed by atoms with E-state index in [0.29, 0.717) is 18.7 Å². The second kappa shape index (κ2) is 8.97. The number of aryl methyl sites for hydroxylation is 3. The molecule has 1 aliphatic rings. The highest BCUT2D eigenvalue weighted by atomic mass is 32.2. The molecule has 0 atom stereocenters. The van der Waals surface area contributed by atoms with Crippen LogP contribution in [0.25, 0.3) is 0 Å². The Morgan fingerprint density at radius 1 is 0.900 bits per heavy atom. The molecule has 0 aromatic heterocycles. The van der Waals surface area contributed by atoms with E-state index in [1.54, 1.807) is 35.2 Å². The van der Waals surface area contributed by atoms with E-state index in [2.05, 4.69) is 5.32 Å². The van der Waals surface area contributed by atoms with Crippen molar-refractivity contribution < 1.29 is 18.0 Å². The molecule has 30 heavy (non-hydrogen) atoms. The van der Waals surface area contributed by atoms with Crippen LogP contribution >= 0.6 is 0 Å². The molecule has 1 saturated heterocycles. The number of nitrogens with zero attached hydrogens (tertiary/aromatic N) is 2. The Kier molecular flexibility index (Phi) is 6.58. The molecule has 0 unspecified atom stereocenters. The van der Waals surface area contributed by atoms with Crippen LogP contribution in [-0.4, -0.2) is 62.2 Å². The fourth-order valence-electron chi connectivity index (χ4n) is 3.28. The Labute approximate surface area is 177 Å². The molecule has 0 spiro atoms. The van der Waals surface area contributed by atoms with Gasteiger partial charge in [-0.1, -0.05) is 23.8 Å². The van der Waals surface area contributed by atoms with Crippen molar-refractivity contribution in [2.24, 2.45) is 0 Å². The van der Waals surface area contributed by atoms with Gasteiger partial charge >= 0.3 is 0 Å². The molecule has 160 valence electrons. The van der Waals surface area contributed by atoms with E-state index < -0.39 is 10.0 Å². The number of hydrogen-bond donors (Lipinski definition) is 1. The topological polar surface area (TPSA) is 86.8 Å². The second-order valence-corrected chi connectivity index (χ2v) is 9.52. The van der Waals surface area contributed by atoms with E-state index in [0.717, 1.165) is 16.7 Å². The van der Waals surface area contributed by atoms with Gasteiger partial charge in [0.1, 0.15) is 0 Å². The van der Waals surface area contributed by atoms with Gasteiger partial charge in [0.15, 0.2) is 0 Å². The predicted octanol–water partition coefficient (Wildman–Crippen LogP) is 1.87. The van der Waals surface area contributed by atoms with Gasteiger partial charge in [-0.2, -0.15) is 4.31 Å². The van der Waals surface area contributed by atoms with Crippen LogP contribution in [0.5, 0.6) is 0 Å². The SMILES string of the molecule is Cc1ccc(C(=O)NCC(=O)N2CCN(S(=O)(=O)c3ccc(C)c(C)c3)CC2)cc1. The Hall–Kier alpha value is -2.71. The summed E-state index contributed by atoms with van der Waals surface area (Å²) in [4.78, 5) is 26.5. The van der Waals surface area contributed by atoms with Crippen LogP contribution in [0.3, 0.4) is 0 Å². The number of benzene rings is 2. The van der Waals surface area contributed by atoms with E-state index in [4.69, 9.17) is 0 Å². The van der Waals surface area contributed by atoms with Crippen LogP contribution in [0.4, 0.5) is 0 Å². The summed E-state index contributed by atoms with van der Waals surface area (Å²) in [5.41, 5.74) is 3.51. The van der Waals surface area contributed by atoms with Gasteiger partial charge in [-0.05, 0) is 56.2 Å². The normalized spacial score (nSPS) is 15.1. The minimum absolute atomic E-state index is 0.114. The fourth-order valence-corrected chi connectivity index (χ4v) is 4.78. The lowest BCUT2D eigenvalue weighted by Crippen LogP contribution is -2.52. The van der Waals surface area contributed by atoms with Gasteiger partial charge in [0.05, 0.1) is 11.4 Å². The lowest BCUT2D eigenvalue weighted by atomic mass is 10.1. The van der Waals surface area contributed by atoms with E-state index in [-0.39, 0.29) is 36.3 Å². The van der Waals surface area contributed by atoms with E-state index >= 15 is 0 Å². The summed E-state index contributed by atoms with van der Waals surface area (Å²) in [5.74, 6) is -0.530. The quantitative estimate of drug-likeness (QED) is 0.786. The number of amides is 2. The van der Waals surface area contributed by atoms with Crippen molar-refractivity contribution in [3.63, 3.8) is 0 Å². The lowest BCUT2D eigenvalue weighted by molar-refractivity contribution is -0.131. The van der Waals surface area contributed by atoms with Crippen molar-refractivity contribution in [2.45, 2.75) is 25.7 Å². The number of carbonyl (C=O) groups excluding carboxylic acids is 2. The third kappa shape index (κ3) is 4.88. The number of carbonyl (C=O) groups is 2. The first kappa shape index (κ1) is 22.0. The monoisotopic (exact) mass is 429 g/mol. The maximum absolute atomic E-state index is 12.9. The summed E-state index contributed by atoms with van der Waals surface area (Å²) in [7, 11) is -3.59. The minimum Gasteiger partial charge on any atom is -0.343 e. The average Bonchev–Trinajstić information content (AvgIpc) is 2.74. The van der Waals surface area contributed by atoms with Crippen LogP contribution in [-0.2, 0) is 14.8 Å². The number of sulfonamides is 1. The number of rotatable bonds is 5.